The summed E-state index contributed by atoms with van der Waals surface area (Å²) < 4.78 is 0. The average Bonchev–Trinajstić information content (AvgIpc) is 3.29. The first kappa shape index (κ1) is 18.5. The second kappa shape index (κ2) is 7.73. The molecule has 0 bridgehead atoms. The number of aryl methyl sites for hydroxylation is 2. The van der Waals surface area contributed by atoms with Crippen LogP contribution in [0.25, 0.3) is 0 Å². The Morgan fingerprint density at radius 1 is 1.03 bits per heavy atom. The fourth-order valence-electron chi connectivity index (χ4n) is 4.69. The van der Waals surface area contributed by atoms with Gasteiger partial charge in [0.05, 0.1) is 0 Å². The Bertz CT molecular complexity index is 931. The molecule has 1 saturated carbocycles. The Balaban J connectivity index is 1.16. The first-order valence-electron chi connectivity index (χ1n) is 11.0. The highest BCUT2D eigenvalue weighted by Crippen LogP contribution is 2.38. The molecular weight excluding hydrogens is 364 g/mol. The molecule has 1 atom stereocenters. The van der Waals surface area contributed by atoms with Crippen molar-refractivity contribution < 1.29 is 9.59 Å². The molecule has 6 heteroatoms. The molecule has 1 amide bonds. The summed E-state index contributed by atoms with van der Waals surface area (Å²) >= 11 is 0. The van der Waals surface area contributed by atoms with Gasteiger partial charge in [-0.3, -0.25) is 14.7 Å². The van der Waals surface area contributed by atoms with Crippen LogP contribution in [0, 0.1) is 0 Å². The molecule has 0 radical (unpaired) electrons. The quantitative estimate of drug-likeness (QED) is 0.763. The van der Waals surface area contributed by atoms with Gasteiger partial charge < -0.3 is 4.90 Å². The van der Waals surface area contributed by atoms with Gasteiger partial charge in [0.25, 0.3) is 0 Å². The number of amides is 1. The fourth-order valence-corrected chi connectivity index (χ4v) is 4.69. The van der Waals surface area contributed by atoms with Crippen LogP contribution in [0.5, 0.6) is 0 Å². The second-order valence-corrected chi connectivity index (χ2v) is 8.79. The number of Topliss-reactive ketones (excluding diaryl/α,β-unsaturated/α-hetero) is 1. The minimum absolute atomic E-state index is 0.0714. The number of fused-ring (bicyclic) bond motifs is 1. The summed E-state index contributed by atoms with van der Waals surface area (Å²) in [5.41, 5.74) is 3.43. The van der Waals surface area contributed by atoms with Crippen molar-refractivity contribution in [3.05, 3.63) is 46.5 Å². The number of hydrogen-bond acceptors (Lipinski definition) is 4. The topological polar surface area (TPSA) is 79.0 Å². The van der Waals surface area contributed by atoms with Gasteiger partial charge in [-0.15, -0.1) is 0 Å². The van der Waals surface area contributed by atoms with Crippen LogP contribution in [0.1, 0.15) is 89.9 Å². The highest BCUT2D eigenvalue weighted by molar-refractivity contribution is 5.98. The van der Waals surface area contributed by atoms with Crippen LogP contribution < -0.4 is 0 Å². The molecule has 2 fully saturated rings. The monoisotopic (exact) mass is 392 g/mol. The van der Waals surface area contributed by atoms with E-state index in [0.29, 0.717) is 12.5 Å². The Kier molecular flexibility index (Phi) is 4.94. The number of likely N-dealkylation sites (tertiary alicyclic amines) is 1. The van der Waals surface area contributed by atoms with Gasteiger partial charge in [0.15, 0.2) is 11.6 Å². The van der Waals surface area contributed by atoms with Crippen molar-refractivity contribution in [3.8, 4) is 0 Å². The zero-order valence-electron chi connectivity index (χ0n) is 16.8. The highest BCUT2D eigenvalue weighted by atomic mass is 16.2. The minimum Gasteiger partial charge on any atom is -0.342 e. The number of hydrogen-bond donors (Lipinski definition) is 1. The van der Waals surface area contributed by atoms with Crippen molar-refractivity contribution in [2.24, 2.45) is 0 Å². The van der Waals surface area contributed by atoms with Crippen LogP contribution in [-0.2, 0) is 17.6 Å². The summed E-state index contributed by atoms with van der Waals surface area (Å²) in [7, 11) is 0. The molecule has 5 rings (SSSR count). The third-order valence-electron chi connectivity index (χ3n) is 6.61. The largest absolute Gasteiger partial charge is 0.342 e. The number of carbonyl (C=O) groups is 2. The van der Waals surface area contributed by atoms with E-state index in [1.807, 2.05) is 17.0 Å². The first-order chi connectivity index (χ1) is 14.2. The summed E-state index contributed by atoms with van der Waals surface area (Å²) in [5.74, 6) is 2.75. The van der Waals surface area contributed by atoms with Crippen molar-refractivity contribution in [2.45, 2.75) is 69.6 Å². The number of benzene rings is 1. The highest BCUT2D eigenvalue weighted by Gasteiger charge is 2.31. The average molecular weight is 393 g/mol. The maximum atomic E-state index is 12.7. The number of piperidine rings is 1. The molecule has 152 valence electrons. The molecule has 29 heavy (non-hydrogen) atoms. The smallest absolute Gasteiger partial charge is 0.223 e. The van der Waals surface area contributed by atoms with Crippen molar-refractivity contribution in [3.63, 3.8) is 0 Å². The third-order valence-corrected chi connectivity index (χ3v) is 6.61. The summed E-state index contributed by atoms with van der Waals surface area (Å²) in [5, 5.41) is 7.48. The van der Waals surface area contributed by atoms with Gasteiger partial charge in [-0.2, -0.15) is 5.10 Å². The van der Waals surface area contributed by atoms with Gasteiger partial charge in [0.1, 0.15) is 5.82 Å². The van der Waals surface area contributed by atoms with Gasteiger partial charge in [-0.1, -0.05) is 12.1 Å². The predicted molar refractivity (Wildman–Crippen MR) is 109 cm³/mol. The summed E-state index contributed by atoms with van der Waals surface area (Å²) in [6.45, 7) is 1.43. The molecule has 2 aromatic rings. The standard InChI is InChI=1S/C23H28N4O2/c28-20(18-9-6-15-3-1-4-17(15)13-18)10-11-21(29)27-12-2-5-19(14-27)23-24-22(25-26-23)16-7-8-16/h6,9,13,16,19H,1-5,7-8,10-12,14H2,(H,24,25,26). The van der Waals surface area contributed by atoms with Crippen LogP contribution in [-0.4, -0.2) is 44.9 Å². The van der Waals surface area contributed by atoms with Crippen molar-refractivity contribution in [2.75, 3.05) is 13.1 Å². The Hall–Kier alpha value is -2.50. The van der Waals surface area contributed by atoms with E-state index in [2.05, 4.69) is 21.2 Å². The zero-order valence-corrected chi connectivity index (χ0v) is 16.8. The molecule has 1 aromatic carbocycles. The Labute approximate surface area is 171 Å². The van der Waals surface area contributed by atoms with Gasteiger partial charge in [0.2, 0.25) is 5.91 Å². The number of H-pyrrole nitrogens is 1. The lowest BCUT2D eigenvalue weighted by atomic mass is 9.96. The lowest BCUT2D eigenvalue weighted by molar-refractivity contribution is -0.132. The normalized spacial score (nSPS) is 21.2. The van der Waals surface area contributed by atoms with E-state index in [9.17, 15) is 9.59 Å². The summed E-state index contributed by atoms with van der Waals surface area (Å²) in [6, 6.07) is 6.04. The van der Waals surface area contributed by atoms with Crippen LogP contribution >= 0.6 is 0 Å². The number of nitrogens with one attached hydrogen (secondary N) is 1. The molecular formula is C23H28N4O2. The van der Waals surface area contributed by atoms with Crippen molar-refractivity contribution in [1.82, 2.24) is 20.1 Å². The molecule has 1 aliphatic heterocycles. The van der Waals surface area contributed by atoms with Crippen LogP contribution in [0.4, 0.5) is 0 Å². The molecule has 1 unspecified atom stereocenters. The first-order valence-corrected chi connectivity index (χ1v) is 11.0. The van der Waals surface area contributed by atoms with E-state index >= 15 is 0 Å². The van der Waals surface area contributed by atoms with Gasteiger partial charge in [-0.25, -0.2) is 4.98 Å². The maximum absolute atomic E-state index is 12.7. The molecule has 2 heterocycles. The molecule has 1 aromatic heterocycles. The Morgan fingerprint density at radius 3 is 2.76 bits per heavy atom. The fraction of sp³-hybridized carbons (Fsp3) is 0.565. The summed E-state index contributed by atoms with van der Waals surface area (Å²) in [4.78, 5) is 31.9. The second-order valence-electron chi connectivity index (χ2n) is 8.79. The number of carbonyl (C=O) groups excluding carboxylic acids is 2. The third kappa shape index (κ3) is 3.98. The van der Waals surface area contributed by atoms with Gasteiger partial charge >= 0.3 is 0 Å². The lowest BCUT2D eigenvalue weighted by Crippen LogP contribution is -2.39. The van der Waals surface area contributed by atoms with E-state index in [0.717, 1.165) is 49.4 Å². The molecule has 1 saturated heterocycles. The summed E-state index contributed by atoms with van der Waals surface area (Å²) in [6.07, 6.45) is 8.29. The van der Waals surface area contributed by atoms with Crippen molar-refractivity contribution >= 4 is 11.7 Å². The molecule has 6 nitrogen and oxygen atoms in total. The maximum Gasteiger partial charge on any atom is 0.223 e. The van der Waals surface area contributed by atoms with Crippen molar-refractivity contribution in [1.29, 1.82) is 0 Å². The number of aromatic nitrogens is 3. The number of ketones is 1. The number of rotatable bonds is 6. The van der Waals surface area contributed by atoms with Crippen LogP contribution in [0.3, 0.4) is 0 Å². The number of aromatic amines is 1. The van der Waals surface area contributed by atoms with Crippen LogP contribution in [0.15, 0.2) is 18.2 Å². The minimum atomic E-state index is 0.0714. The SMILES string of the molecule is O=C(CCC(=O)N1CCCC(c2n[nH]c(C3CC3)n2)C1)c1ccc2c(c1)CCC2. The van der Waals surface area contributed by atoms with Gasteiger partial charge in [-0.05, 0) is 62.1 Å². The predicted octanol–water partition coefficient (Wildman–Crippen LogP) is 3.54. The van der Waals surface area contributed by atoms with E-state index in [1.54, 1.807) is 0 Å². The molecule has 0 spiro atoms. The zero-order chi connectivity index (χ0) is 19.8. The lowest BCUT2D eigenvalue weighted by Gasteiger charge is -2.31. The van der Waals surface area contributed by atoms with Gasteiger partial charge in [0, 0.05) is 43.3 Å². The van der Waals surface area contributed by atoms with E-state index in [-0.39, 0.29) is 30.4 Å². The van der Waals surface area contributed by atoms with E-state index in [1.165, 1.54) is 30.4 Å². The molecule has 1 N–H and O–H groups in total. The molecule has 3 aliphatic rings. The van der Waals surface area contributed by atoms with Crippen LogP contribution in [0.2, 0.25) is 0 Å². The van der Waals surface area contributed by atoms with E-state index in [4.69, 9.17) is 0 Å². The van der Waals surface area contributed by atoms with E-state index < -0.39 is 0 Å². The molecule has 2 aliphatic carbocycles. The number of nitrogens with zero attached hydrogens (tertiary/aromatic N) is 3. The Morgan fingerprint density at radius 2 is 1.90 bits per heavy atom.